The van der Waals surface area contributed by atoms with Crippen LogP contribution in [-0.4, -0.2) is 27.4 Å². The molecule has 0 saturated heterocycles. The van der Waals surface area contributed by atoms with Gasteiger partial charge in [-0.05, 0) is 30.0 Å². The molecule has 0 saturated carbocycles. The number of carbonyl (C=O) groups excluding carboxylic acids is 1. The van der Waals surface area contributed by atoms with Gasteiger partial charge < -0.3 is 4.90 Å². The van der Waals surface area contributed by atoms with Gasteiger partial charge in [0, 0.05) is 23.6 Å². The Labute approximate surface area is 159 Å². The molecule has 0 spiro atoms. The Bertz CT molecular complexity index is 1270. The van der Waals surface area contributed by atoms with Crippen molar-refractivity contribution < 1.29 is 22.0 Å². The fraction of sp³-hybridized carbons (Fsp3) is 0.150. The van der Waals surface area contributed by atoms with Crippen molar-refractivity contribution in [1.29, 1.82) is 0 Å². The molecule has 0 N–H and O–H groups in total. The van der Waals surface area contributed by atoms with E-state index in [4.69, 9.17) is 0 Å². The molecule has 3 aromatic carbocycles. The van der Waals surface area contributed by atoms with Crippen LogP contribution in [0.4, 0.5) is 20.2 Å². The lowest BCUT2D eigenvalue weighted by atomic mass is 10.1. The summed E-state index contributed by atoms with van der Waals surface area (Å²) in [6.07, 6.45) is 0.260. The lowest BCUT2D eigenvalue weighted by Gasteiger charge is -2.23. The van der Waals surface area contributed by atoms with Gasteiger partial charge in [0.1, 0.15) is 18.2 Å². The zero-order valence-corrected chi connectivity index (χ0v) is 15.3. The molecule has 8 heteroatoms. The van der Waals surface area contributed by atoms with Crippen molar-refractivity contribution in [2.45, 2.75) is 11.3 Å². The number of hydrogen-bond donors (Lipinski definition) is 0. The van der Waals surface area contributed by atoms with E-state index in [1.807, 2.05) is 12.1 Å². The molecule has 142 valence electrons. The fourth-order valence-electron chi connectivity index (χ4n) is 4.02. The van der Waals surface area contributed by atoms with Gasteiger partial charge in [-0.25, -0.2) is 17.2 Å². The molecule has 0 atom stereocenters. The van der Waals surface area contributed by atoms with Crippen LogP contribution in [0.3, 0.4) is 0 Å². The summed E-state index contributed by atoms with van der Waals surface area (Å²) in [5.74, 6) is -2.00. The summed E-state index contributed by atoms with van der Waals surface area (Å²) < 4.78 is 54.7. The third-order valence-electron chi connectivity index (χ3n) is 5.27. The Balaban J connectivity index is 1.54. The molecule has 0 bridgehead atoms. The SMILES string of the molecule is O=C(CN1c2cccc3cccc(c23)S1(=O)=O)N1CCc2c(F)cc(F)cc21. The van der Waals surface area contributed by atoms with Crippen molar-refractivity contribution in [1.82, 2.24) is 0 Å². The highest BCUT2D eigenvalue weighted by molar-refractivity contribution is 7.93. The van der Waals surface area contributed by atoms with Gasteiger partial charge >= 0.3 is 0 Å². The molecule has 0 fully saturated rings. The molecule has 0 unspecified atom stereocenters. The molecule has 2 heterocycles. The van der Waals surface area contributed by atoms with Crippen molar-refractivity contribution in [2.75, 3.05) is 22.3 Å². The summed E-state index contributed by atoms with van der Waals surface area (Å²) in [4.78, 5) is 14.3. The van der Waals surface area contributed by atoms with Gasteiger partial charge in [-0.1, -0.05) is 24.3 Å². The third kappa shape index (κ3) is 2.27. The molecule has 2 aliphatic heterocycles. The van der Waals surface area contributed by atoms with Crippen LogP contribution in [-0.2, 0) is 21.2 Å². The largest absolute Gasteiger partial charge is 0.310 e. The standard InChI is InChI=1S/C20H14F2N2O3S/c21-13-9-15(22)14-7-8-23(17(14)10-13)19(25)11-24-16-5-1-3-12-4-2-6-18(20(12)16)28(24,26)27/h1-6,9-10H,7-8,11H2. The molecule has 0 radical (unpaired) electrons. The molecule has 2 aliphatic rings. The summed E-state index contributed by atoms with van der Waals surface area (Å²) in [6.45, 7) is -0.257. The van der Waals surface area contributed by atoms with Crippen LogP contribution < -0.4 is 9.21 Å². The van der Waals surface area contributed by atoms with Crippen LogP contribution in [0.1, 0.15) is 5.56 Å². The number of benzene rings is 3. The van der Waals surface area contributed by atoms with Gasteiger partial charge in [0.25, 0.3) is 10.0 Å². The van der Waals surface area contributed by atoms with Crippen LogP contribution in [0, 0.1) is 11.6 Å². The van der Waals surface area contributed by atoms with E-state index in [0.717, 1.165) is 21.8 Å². The maximum Gasteiger partial charge on any atom is 0.265 e. The average molecular weight is 400 g/mol. The second-order valence-corrected chi connectivity index (χ2v) is 8.65. The summed E-state index contributed by atoms with van der Waals surface area (Å²) in [5, 5.41) is 1.35. The lowest BCUT2D eigenvalue weighted by molar-refractivity contribution is -0.117. The number of amides is 1. The minimum atomic E-state index is -3.88. The topological polar surface area (TPSA) is 57.7 Å². The van der Waals surface area contributed by atoms with Crippen LogP contribution in [0.5, 0.6) is 0 Å². The first-order valence-electron chi connectivity index (χ1n) is 8.71. The average Bonchev–Trinajstić information content (AvgIpc) is 3.17. The number of hydrogen-bond acceptors (Lipinski definition) is 3. The molecular weight excluding hydrogens is 386 g/mol. The second-order valence-electron chi connectivity index (χ2n) is 6.82. The van der Waals surface area contributed by atoms with E-state index in [9.17, 15) is 22.0 Å². The molecule has 0 aromatic heterocycles. The first kappa shape index (κ1) is 17.1. The highest BCUT2D eigenvalue weighted by Gasteiger charge is 2.38. The summed E-state index contributed by atoms with van der Waals surface area (Å²) >= 11 is 0. The molecule has 5 rings (SSSR count). The first-order valence-corrected chi connectivity index (χ1v) is 10.1. The summed E-state index contributed by atoms with van der Waals surface area (Å²) in [7, 11) is -3.88. The minimum Gasteiger partial charge on any atom is -0.310 e. The fourth-order valence-corrected chi connectivity index (χ4v) is 5.68. The molecule has 3 aromatic rings. The molecule has 28 heavy (non-hydrogen) atoms. The van der Waals surface area contributed by atoms with Crippen LogP contribution in [0.25, 0.3) is 10.8 Å². The Morgan fingerprint density at radius 3 is 2.57 bits per heavy atom. The summed E-state index contributed by atoms with van der Waals surface area (Å²) in [6, 6.07) is 12.1. The Morgan fingerprint density at radius 1 is 1.04 bits per heavy atom. The van der Waals surface area contributed by atoms with E-state index in [2.05, 4.69) is 0 Å². The van der Waals surface area contributed by atoms with E-state index in [1.54, 1.807) is 18.2 Å². The van der Waals surface area contributed by atoms with Gasteiger partial charge in [0.15, 0.2) is 0 Å². The predicted octanol–water partition coefficient (Wildman–Crippen LogP) is 3.22. The number of anilines is 2. The van der Waals surface area contributed by atoms with Crippen LogP contribution >= 0.6 is 0 Å². The number of rotatable bonds is 2. The monoisotopic (exact) mass is 400 g/mol. The normalized spacial score (nSPS) is 16.6. The van der Waals surface area contributed by atoms with Crippen LogP contribution in [0.2, 0.25) is 0 Å². The lowest BCUT2D eigenvalue weighted by Crippen LogP contribution is -2.41. The van der Waals surface area contributed by atoms with Crippen molar-refractivity contribution in [3.63, 3.8) is 0 Å². The smallest absolute Gasteiger partial charge is 0.265 e. The Morgan fingerprint density at radius 2 is 1.79 bits per heavy atom. The van der Waals surface area contributed by atoms with E-state index in [0.29, 0.717) is 11.1 Å². The Hall–Kier alpha value is -3.00. The highest BCUT2D eigenvalue weighted by Crippen LogP contribution is 2.42. The van der Waals surface area contributed by atoms with E-state index in [1.165, 1.54) is 11.0 Å². The van der Waals surface area contributed by atoms with Crippen molar-refractivity contribution in [3.8, 4) is 0 Å². The van der Waals surface area contributed by atoms with Gasteiger partial charge in [-0.2, -0.15) is 0 Å². The van der Waals surface area contributed by atoms with Crippen molar-refractivity contribution in [2.24, 2.45) is 0 Å². The zero-order chi connectivity index (χ0) is 19.6. The van der Waals surface area contributed by atoms with Gasteiger partial charge in [0.05, 0.1) is 16.3 Å². The van der Waals surface area contributed by atoms with Crippen molar-refractivity contribution in [3.05, 3.63) is 65.7 Å². The molecule has 0 aliphatic carbocycles. The quantitative estimate of drug-likeness (QED) is 0.664. The van der Waals surface area contributed by atoms with Crippen LogP contribution in [0.15, 0.2) is 53.4 Å². The van der Waals surface area contributed by atoms with E-state index >= 15 is 0 Å². The molecule has 1 amide bonds. The van der Waals surface area contributed by atoms with E-state index in [-0.39, 0.29) is 29.1 Å². The zero-order valence-electron chi connectivity index (χ0n) is 14.5. The second kappa shape index (κ2) is 5.75. The predicted molar refractivity (Wildman–Crippen MR) is 101 cm³/mol. The Kier molecular flexibility index (Phi) is 3.51. The highest BCUT2D eigenvalue weighted by atomic mass is 32.2. The van der Waals surface area contributed by atoms with E-state index < -0.39 is 34.1 Å². The number of carbonyl (C=O) groups is 1. The van der Waals surface area contributed by atoms with Gasteiger partial charge in [0.2, 0.25) is 5.91 Å². The summed E-state index contributed by atoms with van der Waals surface area (Å²) in [5.41, 5.74) is 0.866. The first-order chi connectivity index (χ1) is 13.4. The maximum atomic E-state index is 14.0. The van der Waals surface area contributed by atoms with Gasteiger partial charge in [-0.15, -0.1) is 0 Å². The molecule has 5 nitrogen and oxygen atoms in total. The van der Waals surface area contributed by atoms with Gasteiger partial charge in [-0.3, -0.25) is 9.10 Å². The minimum absolute atomic E-state index is 0.160. The number of sulfonamides is 1. The molecular formula is C20H14F2N2O3S. The number of nitrogens with zero attached hydrogens (tertiary/aromatic N) is 2. The number of halogens is 2. The maximum absolute atomic E-state index is 14.0. The third-order valence-corrected chi connectivity index (χ3v) is 7.08. The van der Waals surface area contributed by atoms with Crippen molar-refractivity contribution >= 4 is 38.1 Å². The number of fused-ring (bicyclic) bond motifs is 1.